The zero-order valence-corrected chi connectivity index (χ0v) is 9.90. The summed E-state index contributed by atoms with van der Waals surface area (Å²) in [4.78, 5) is 10.5. The first-order chi connectivity index (χ1) is 6.95. The van der Waals surface area contributed by atoms with Crippen LogP contribution in [0.15, 0.2) is 0 Å². The highest BCUT2D eigenvalue weighted by atomic mass is 16.5. The second kappa shape index (κ2) is 7.65. The van der Waals surface area contributed by atoms with Crippen LogP contribution in [0.5, 0.6) is 0 Å². The van der Waals surface area contributed by atoms with Gasteiger partial charge in [0.15, 0.2) is 0 Å². The van der Waals surface area contributed by atoms with Crippen molar-refractivity contribution in [3.05, 3.63) is 0 Å². The number of carboxylic acid groups (broad SMARTS) is 1. The standard InChI is InChI=1S/C11H23NO3/c1-8(2)15-7-9(3)4-10(6-12)5-11(13)14/h8-10H,4-7,12H2,1-3H3,(H,13,14)/t9-,10-/m0/s1. The Morgan fingerprint density at radius 3 is 2.40 bits per heavy atom. The fourth-order valence-electron chi connectivity index (χ4n) is 1.50. The highest BCUT2D eigenvalue weighted by Gasteiger charge is 2.15. The summed E-state index contributed by atoms with van der Waals surface area (Å²) in [6.07, 6.45) is 1.20. The molecule has 90 valence electrons. The van der Waals surface area contributed by atoms with E-state index in [2.05, 4.69) is 6.92 Å². The van der Waals surface area contributed by atoms with Gasteiger partial charge in [-0.3, -0.25) is 4.79 Å². The van der Waals surface area contributed by atoms with Gasteiger partial charge in [-0.1, -0.05) is 6.92 Å². The van der Waals surface area contributed by atoms with Crippen LogP contribution in [-0.4, -0.2) is 30.3 Å². The molecule has 4 nitrogen and oxygen atoms in total. The van der Waals surface area contributed by atoms with E-state index in [9.17, 15) is 4.79 Å². The largest absolute Gasteiger partial charge is 0.481 e. The molecule has 2 atom stereocenters. The van der Waals surface area contributed by atoms with Crippen molar-refractivity contribution < 1.29 is 14.6 Å². The van der Waals surface area contributed by atoms with Crippen molar-refractivity contribution in [3.8, 4) is 0 Å². The third-order valence-electron chi connectivity index (χ3n) is 2.25. The molecule has 0 fully saturated rings. The van der Waals surface area contributed by atoms with Crippen molar-refractivity contribution in [1.82, 2.24) is 0 Å². The fraction of sp³-hybridized carbons (Fsp3) is 0.909. The Bertz CT molecular complexity index is 183. The first kappa shape index (κ1) is 14.4. The lowest BCUT2D eigenvalue weighted by atomic mass is 9.93. The normalized spacial score (nSPS) is 15.3. The minimum Gasteiger partial charge on any atom is -0.481 e. The van der Waals surface area contributed by atoms with Crippen molar-refractivity contribution in [2.45, 2.75) is 39.7 Å². The summed E-state index contributed by atoms with van der Waals surface area (Å²) in [6.45, 7) is 7.15. The zero-order valence-electron chi connectivity index (χ0n) is 9.90. The van der Waals surface area contributed by atoms with Crippen LogP contribution in [0.2, 0.25) is 0 Å². The van der Waals surface area contributed by atoms with Crippen molar-refractivity contribution in [2.24, 2.45) is 17.6 Å². The summed E-state index contributed by atoms with van der Waals surface area (Å²) in [5.41, 5.74) is 5.52. The third kappa shape index (κ3) is 8.39. The number of rotatable bonds is 8. The van der Waals surface area contributed by atoms with E-state index in [1.54, 1.807) is 0 Å². The molecular weight excluding hydrogens is 194 g/mol. The lowest BCUT2D eigenvalue weighted by Crippen LogP contribution is -2.22. The van der Waals surface area contributed by atoms with Crippen LogP contribution in [0, 0.1) is 11.8 Å². The van der Waals surface area contributed by atoms with Crippen LogP contribution in [0.25, 0.3) is 0 Å². The Labute approximate surface area is 91.8 Å². The average Bonchev–Trinajstić information content (AvgIpc) is 2.13. The Morgan fingerprint density at radius 2 is 2.00 bits per heavy atom. The van der Waals surface area contributed by atoms with Crippen LogP contribution < -0.4 is 5.73 Å². The van der Waals surface area contributed by atoms with Gasteiger partial charge in [0.1, 0.15) is 0 Å². The molecule has 0 amide bonds. The SMILES string of the molecule is CC(C)OC[C@@H](C)C[C@H](CN)CC(=O)O. The molecular formula is C11H23NO3. The van der Waals surface area contributed by atoms with Gasteiger partial charge in [0.25, 0.3) is 0 Å². The predicted molar refractivity (Wildman–Crippen MR) is 59.7 cm³/mol. The molecule has 15 heavy (non-hydrogen) atoms. The number of aliphatic carboxylic acids is 1. The number of ether oxygens (including phenoxy) is 1. The van der Waals surface area contributed by atoms with Gasteiger partial charge in [0.05, 0.1) is 6.10 Å². The second-order valence-electron chi connectivity index (χ2n) is 4.42. The highest BCUT2D eigenvalue weighted by Crippen LogP contribution is 2.15. The van der Waals surface area contributed by atoms with Gasteiger partial charge in [-0.2, -0.15) is 0 Å². The average molecular weight is 217 g/mol. The Balaban J connectivity index is 3.79. The molecule has 0 bridgehead atoms. The maximum atomic E-state index is 10.5. The number of nitrogens with two attached hydrogens (primary N) is 1. The molecule has 0 saturated carbocycles. The quantitative estimate of drug-likeness (QED) is 0.646. The first-order valence-corrected chi connectivity index (χ1v) is 5.49. The van der Waals surface area contributed by atoms with Crippen LogP contribution in [0.1, 0.15) is 33.6 Å². The lowest BCUT2D eigenvalue weighted by Gasteiger charge is -2.19. The summed E-state index contributed by atoms with van der Waals surface area (Å²) in [5, 5.41) is 8.66. The van der Waals surface area contributed by atoms with Gasteiger partial charge in [0.2, 0.25) is 0 Å². The Morgan fingerprint density at radius 1 is 1.40 bits per heavy atom. The molecule has 4 heteroatoms. The van der Waals surface area contributed by atoms with Crippen molar-refractivity contribution in [3.63, 3.8) is 0 Å². The molecule has 0 aromatic carbocycles. The fourth-order valence-corrected chi connectivity index (χ4v) is 1.50. The topological polar surface area (TPSA) is 72.5 Å². The van der Waals surface area contributed by atoms with Crippen LogP contribution in [0.4, 0.5) is 0 Å². The van der Waals surface area contributed by atoms with E-state index in [0.717, 1.165) is 6.42 Å². The lowest BCUT2D eigenvalue weighted by molar-refractivity contribution is -0.138. The van der Waals surface area contributed by atoms with Crippen molar-refractivity contribution in [2.75, 3.05) is 13.2 Å². The van der Waals surface area contributed by atoms with E-state index >= 15 is 0 Å². The van der Waals surface area contributed by atoms with Gasteiger partial charge < -0.3 is 15.6 Å². The highest BCUT2D eigenvalue weighted by molar-refractivity contribution is 5.67. The molecule has 0 unspecified atom stereocenters. The number of carboxylic acids is 1. The molecule has 0 aliphatic rings. The Kier molecular flexibility index (Phi) is 7.34. The third-order valence-corrected chi connectivity index (χ3v) is 2.25. The summed E-state index contributed by atoms with van der Waals surface area (Å²) < 4.78 is 5.47. The summed E-state index contributed by atoms with van der Waals surface area (Å²) in [5.74, 6) is -0.351. The molecule has 0 rings (SSSR count). The van der Waals surface area contributed by atoms with E-state index in [4.69, 9.17) is 15.6 Å². The molecule has 0 aromatic rings. The molecule has 0 saturated heterocycles. The zero-order chi connectivity index (χ0) is 11.8. The maximum absolute atomic E-state index is 10.5. The predicted octanol–water partition coefficient (Wildman–Crippen LogP) is 1.49. The second-order valence-corrected chi connectivity index (χ2v) is 4.42. The van der Waals surface area contributed by atoms with E-state index in [1.165, 1.54) is 0 Å². The summed E-state index contributed by atoms with van der Waals surface area (Å²) >= 11 is 0. The van der Waals surface area contributed by atoms with E-state index in [0.29, 0.717) is 19.1 Å². The molecule has 0 radical (unpaired) electrons. The molecule has 3 N–H and O–H groups in total. The maximum Gasteiger partial charge on any atom is 0.303 e. The summed E-state index contributed by atoms with van der Waals surface area (Å²) in [6, 6.07) is 0. The van der Waals surface area contributed by atoms with Crippen LogP contribution in [0.3, 0.4) is 0 Å². The minimum atomic E-state index is -0.776. The van der Waals surface area contributed by atoms with E-state index in [-0.39, 0.29) is 18.4 Å². The van der Waals surface area contributed by atoms with Gasteiger partial charge >= 0.3 is 5.97 Å². The van der Waals surface area contributed by atoms with Gasteiger partial charge in [0, 0.05) is 13.0 Å². The summed E-state index contributed by atoms with van der Waals surface area (Å²) in [7, 11) is 0. The van der Waals surface area contributed by atoms with Gasteiger partial charge in [-0.05, 0) is 38.6 Å². The smallest absolute Gasteiger partial charge is 0.303 e. The number of hydrogen-bond acceptors (Lipinski definition) is 3. The van der Waals surface area contributed by atoms with E-state index in [1.807, 2.05) is 13.8 Å². The van der Waals surface area contributed by atoms with Crippen LogP contribution in [-0.2, 0) is 9.53 Å². The molecule has 0 aromatic heterocycles. The van der Waals surface area contributed by atoms with Crippen LogP contribution >= 0.6 is 0 Å². The monoisotopic (exact) mass is 217 g/mol. The Hall–Kier alpha value is -0.610. The van der Waals surface area contributed by atoms with Gasteiger partial charge in [-0.15, -0.1) is 0 Å². The minimum absolute atomic E-state index is 0.0632. The molecule has 0 heterocycles. The molecule has 0 spiro atoms. The number of carbonyl (C=O) groups is 1. The first-order valence-electron chi connectivity index (χ1n) is 5.49. The van der Waals surface area contributed by atoms with Gasteiger partial charge in [-0.25, -0.2) is 0 Å². The van der Waals surface area contributed by atoms with E-state index < -0.39 is 5.97 Å². The molecule has 0 aliphatic carbocycles. The molecule has 0 aliphatic heterocycles. The van der Waals surface area contributed by atoms with Crippen molar-refractivity contribution >= 4 is 5.97 Å². The number of hydrogen-bond donors (Lipinski definition) is 2. The van der Waals surface area contributed by atoms with Crippen molar-refractivity contribution in [1.29, 1.82) is 0 Å².